The van der Waals surface area contributed by atoms with Gasteiger partial charge in [-0.25, -0.2) is 0 Å². The van der Waals surface area contributed by atoms with E-state index < -0.39 is 0 Å². The van der Waals surface area contributed by atoms with Crippen molar-refractivity contribution in [1.82, 2.24) is 4.98 Å². The van der Waals surface area contributed by atoms with Crippen molar-refractivity contribution in [2.75, 3.05) is 19.1 Å². The van der Waals surface area contributed by atoms with Crippen LogP contribution in [0.2, 0.25) is 0 Å². The van der Waals surface area contributed by atoms with Crippen molar-refractivity contribution in [2.45, 2.75) is 0 Å². The van der Waals surface area contributed by atoms with Crippen LogP contribution in [-0.4, -0.2) is 25.0 Å². The zero-order valence-electron chi connectivity index (χ0n) is 12.0. The molecule has 0 aliphatic rings. The topological polar surface area (TPSA) is 45.3 Å². The fourth-order valence-electron chi connectivity index (χ4n) is 2.39. The molecule has 21 heavy (non-hydrogen) atoms. The highest BCUT2D eigenvalue weighted by molar-refractivity contribution is 6.08. The van der Waals surface area contributed by atoms with E-state index in [2.05, 4.69) is 4.98 Å². The predicted molar refractivity (Wildman–Crippen MR) is 84.0 cm³/mol. The van der Waals surface area contributed by atoms with Crippen LogP contribution in [0.25, 0.3) is 10.9 Å². The smallest absolute Gasteiger partial charge is 0.258 e. The number of carbonyl (C=O) groups is 1. The van der Waals surface area contributed by atoms with E-state index in [-0.39, 0.29) is 5.91 Å². The van der Waals surface area contributed by atoms with Crippen LogP contribution in [0, 0.1) is 0 Å². The molecule has 106 valence electrons. The number of rotatable bonds is 3. The molecular formula is C17H16N2O2. The summed E-state index contributed by atoms with van der Waals surface area (Å²) in [5.74, 6) is 0.602. The molecule has 0 aliphatic heterocycles. The molecule has 0 saturated heterocycles. The minimum Gasteiger partial charge on any atom is -0.495 e. The molecule has 0 saturated carbocycles. The van der Waals surface area contributed by atoms with Gasteiger partial charge in [-0.2, -0.15) is 0 Å². The first-order valence-electron chi connectivity index (χ1n) is 6.69. The highest BCUT2D eigenvalue weighted by atomic mass is 16.5. The van der Waals surface area contributed by atoms with Crippen LogP contribution in [0.15, 0.2) is 54.7 Å². The molecular weight excluding hydrogens is 264 g/mol. The Morgan fingerprint density at radius 1 is 1.14 bits per heavy atom. The lowest BCUT2D eigenvalue weighted by Crippen LogP contribution is -2.26. The number of carbonyl (C=O) groups excluding carboxylic acids is 1. The Morgan fingerprint density at radius 2 is 1.95 bits per heavy atom. The molecule has 2 aromatic carbocycles. The molecule has 4 heteroatoms. The number of ether oxygens (including phenoxy) is 1. The maximum absolute atomic E-state index is 12.6. The van der Waals surface area contributed by atoms with Crippen molar-refractivity contribution in [3.8, 4) is 5.75 Å². The van der Waals surface area contributed by atoms with E-state index in [1.807, 2.05) is 54.7 Å². The first kappa shape index (κ1) is 13.2. The summed E-state index contributed by atoms with van der Waals surface area (Å²) in [5, 5.41) is 1.09. The lowest BCUT2D eigenvalue weighted by molar-refractivity contribution is 0.0992. The molecule has 4 nitrogen and oxygen atoms in total. The van der Waals surface area contributed by atoms with Crippen molar-refractivity contribution in [3.63, 3.8) is 0 Å². The first-order valence-corrected chi connectivity index (χ1v) is 6.69. The van der Waals surface area contributed by atoms with E-state index >= 15 is 0 Å². The average molecular weight is 280 g/mol. The predicted octanol–water partition coefficient (Wildman–Crippen LogP) is 3.45. The number of methoxy groups -OCH3 is 1. The zero-order chi connectivity index (χ0) is 14.8. The maximum Gasteiger partial charge on any atom is 0.258 e. The average Bonchev–Trinajstić information content (AvgIpc) is 3.00. The summed E-state index contributed by atoms with van der Waals surface area (Å²) in [4.78, 5) is 17.4. The Morgan fingerprint density at radius 3 is 2.76 bits per heavy atom. The molecule has 0 atom stereocenters. The monoisotopic (exact) mass is 280 g/mol. The van der Waals surface area contributed by atoms with Gasteiger partial charge < -0.3 is 14.6 Å². The van der Waals surface area contributed by atoms with E-state index in [4.69, 9.17) is 4.74 Å². The lowest BCUT2D eigenvalue weighted by atomic mass is 10.1. The largest absolute Gasteiger partial charge is 0.495 e. The number of H-pyrrole nitrogens is 1. The van der Waals surface area contributed by atoms with Gasteiger partial charge >= 0.3 is 0 Å². The number of para-hydroxylation sites is 2. The van der Waals surface area contributed by atoms with Gasteiger partial charge in [0, 0.05) is 24.3 Å². The first-order chi connectivity index (χ1) is 10.2. The van der Waals surface area contributed by atoms with Crippen molar-refractivity contribution in [1.29, 1.82) is 0 Å². The second-order valence-corrected chi connectivity index (χ2v) is 4.82. The van der Waals surface area contributed by atoms with Gasteiger partial charge in [-0.1, -0.05) is 18.2 Å². The van der Waals surface area contributed by atoms with Crippen LogP contribution in [0.3, 0.4) is 0 Å². The summed E-state index contributed by atoms with van der Waals surface area (Å²) in [6.45, 7) is 0. The molecule has 0 unspecified atom stereocenters. The summed E-state index contributed by atoms with van der Waals surface area (Å²) in [6, 6.07) is 15.1. The number of nitrogens with one attached hydrogen (secondary N) is 1. The molecule has 0 bridgehead atoms. The molecule has 0 radical (unpaired) electrons. The number of fused-ring (bicyclic) bond motifs is 1. The van der Waals surface area contributed by atoms with Gasteiger partial charge in [-0.15, -0.1) is 0 Å². The van der Waals surface area contributed by atoms with Gasteiger partial charge in [-0.05, 0) is 35.7 Å². The Balaban J connectivity index is 1.96. The summed E-state index contributed by atoms with van der Waals surface area (Å²) in [5.41, 5.74) is 2.34. The SMILES string of the molecule is COc1ccccc1N(C)C(=O)c1ccc2cc[nH]c2c1. The summed E-state index contributed by atoms with van der Waals surface area (Å²) < 4.78 is 5.31. The van der Waals surface area contributed by atoms with E-state index in [1.54, 1.807) is 19.1 Å². The van der Waals surface area contributed by atoms with E-state index in [0.717, 1.165) is 16.6 Å². The molecule has 1 heterocycles. The molecule has 1 amide bonds. The van der Waals surface area contributed by atoms with Crippen LogP contribution in [0.4, 0.5) is 5.69 Å². The fourth-order valence-corrected chi connectivity index (χ4v) is 2.39. The Bertz CT molecular complexity index is 792. The van der Waals surface area contributed by atoms with Crippen LogP contribution in [-0.2, 0) is 0 Å². The molecule has 3 aromatic rings. The molecule has 1 N–H and O–H groups in total. The number of anilines is 1. The van der Waals surface area contributed by atoms with E-state index in [0.29, 0.717) is 11.3 Å². The number of aromatic nitrogens is 1. The van der Waals surface area contributed by atoms with Crippen LogP contribution in [0.5, 0.6) is 5.75 Å². The number of aromatic amines is 1. The highest BCUT2D eigenvalue weighted by Crippen LogP contribution is 2.28. The van der Waals surface area contributed by atoms with Crippen molar-refractivity contribution < 1.29 is 9.53 Å². The van der Waals surface area contributed by atoms with Crippen LogP contribution < -0.4 is 9.64 Å². The number of hydrogen-bond donors (Lipinski definition) is 1. The number of benzene rings is 2. The highest BCUT2D eigenvalue weighted by Gasteiger charge is 2.17. The molecule has 3 rings (SSSR count). The lowest BCUT2D eigenvalue weighted by Gasteiger charge is -2.20. The van der Waals surface area contributed by atoms with Crippen molar-refractivity contribution >= 4 is 22.5 Å². The third-order valence-corrected chi connectivity index (χ3v) is 3.55. The van der Waals surface area contributed by atoms with E-state index in [1.165, 1.54) is 0 Å². The molecule has 0 fully saturated rings. The van der Waals surface area contributed by atoms with Crippen LogP contribution >= 0.6 is 0 Å². The third kappa shape index (κ3) is 2.36. The normalized spacial score (nSPS) is 10.6. The van der Waals surface area contributed by atoms with Crippen molar-refractivity contribution in [2.24, 2.45) is 0 Å². The second-order valence-electron chi connectivity index (χ2n) is 4.82. The number of nitrogens with zero attached hydrogens (tertiary/aromatic N) is 1. The van der Waals surface area contributed by atoms with Gasteiger partial charge in [0.25, 0.3) is 5.91 Å². The Hall–Kier alpha value is -2.75. The summed E-state index contributed by atoms with van der Waals surface area (Å²) >= 11 is 0. The minimum atomic E-state index is -0.0731. The Labute approximate surface area is 123 Å². The van der Waals surface area contributed by atoms with Gasteiger partial charge in [0.05, 0.1) is 12.8 Å². The van der Waals surface area contributed by atoms with Crippen LogP contribution in [0.1, 0.15) is 10.4 Å². The number of amides is 1. The second kappa shape index (κ2) is 5.32. The zero-order valence-corrected chi connectivity index (χ0v) is 12.0. The van der Waals surface area contributed by atoms with Gasteiger partial charge in [-0.3, -0.25) is 4.79 Å². The summed E-state index contributed by atoms with van der Waals surface area (Å²) in [6.07, 6.45) is 1.86. The van der Waals surface area contributed by atoms with Gasteiger partial charge in [0.2, 0.25) is 0 Å². The third-order valence-electron chi connectivity index (χ3n) is 3.55. The van der Waals surface area contributed by atoms with Gasteiger partial charge in [0.1, 0.15) is 5.75 Å². The molecule has 0 spiro atoms. The maximum atomic E-state index is 12.6. The minimum absolute atomic E-state index is 0.0731. The number of hydrogen-bond acceptors (Lipinski definition) is 2. The molecule has 1 aromatic heterocycles. The van der Waals surface area contributed by atoms with E-state index in [9.17, 15) is 4.79 Å². The fraction of sp³-hybridized carbons (Fsp3) is 0.118. The summed E-state index contributed by atoms with van der Waals surface area (Å²) in [7, 11) is 3.35. The van der Waals surface area contributed by atoms with Gasteiger partial charge in [0.15, 0.2) is 0 Å². The Kier molecular flexibility index (Phi) is 3.36. The quantitative estimate of drug-likeness (QED) is 0.798. The molecule has 0 aliphatic carbocycles. The standard InChI is InChI=1S/C17H16N2O2/c1-19(15-5-3-4-6-16(15)21-2)17(20)13-8-7-12-9-10-18-14(12)11-13/h3-11,18H,1-2H3. The van der Waals surface area contributed by atoms with Crippen molar-refractivity contribution in [3.05, 3.63) is 60.3 Å².